The summed E-state index contributed by atoms with van der Waals surface area (Å²) in [6.07, 6.45) is 2.49. The molecule has 1 aliphatic heterocycles. The van der Waals surface area contributed by atoms with E-state index >= 15 is 0 Å². The highest BCUT2D eigenvalue weighted by molar-refractivity contribution is 5.74. The number of aliphatic hydroxyl groups excluding tert-OH is 4. The minimum absolute atomic E-state index is 0.00679. The number of fused-ring (bicyclic) bond motifs is 5. The van der Waals surface area contributed by atoms with Gasteiger partial charge in [-0.05, 0) is 90.8 Å². The lowest BCUT2D eigenvalue weighted by atomic mass is 9.48. The summed E-state index contributed by atoms with van der Waals surface area (Å²) in [4.78, 5) is 13.0. The summed E-state index contributed by atoms with van der Waals surface area (Å²) in [6, 6.07) is 0. The Balaban J connectivity index is 1.57. The van der Waals surface area contributed by atoms with Crippen LogP contribution in [0.4, 0.5) is 0 Å². The third-order valence-corrected chi connectivity index (χ3v) is 11.7. The first-order valence-electron chi connectivity index (χ1n) is 14.3. The maximum atomic E-state index is 13.0. The number of hydrogen-bond acceptors (Lipinski definition) is 6. The number of carbonyl (C=O) groups is 1. The summed E-state index contributed by atoms with van der Waals surface area (Å²) >= 11 is 0. The van der Waals surface area contributed by atoms with E-state index in [1.807, 2.05) is 0 Å². The third kappa shape index (κ3) is 4.38. The van der Waals surface area contributed by atoms with Crippen molar-refractivity contribution in [3.05, 3.63) is 0 Å². The van der Waals surface area contributed by atoms with Gasteiger partial charge in [0.1, 0.15) is 0 Å². The summed E-state index contributed by atoms with van der Waals surface area (Å²) < 4.78 is 5.88. The number of cyclic esters (lactones) is 1. The largest absolute Gasteiger partial charge is 0.465 e. The summed E-state index contributed by atoms with van der Waals surface area (Å²) in [5.74, 6) is 1.01. The Labute approximate surface area is 211 Å². The van der Waals surface area contributed by atoms with E-state index in [9.17, 15) is 25.2 Å². The second kappa shape index (κ2) is 9.89. The molecular weight excluding hydrogens is 444 g/mol. The van der Waals surface area contributed by atoms with E-state index < -0.39 is 24.4 Å². The Bertz CT molecular complexity index is 770. The quantitative estimate of drug-likeness (QED) is 0.419. The van der Waals surface area contributed by atoms with Gasteiger partial charge in [0.2, 0.25) is 0 Å². The van der Waals surface area contributed by atoms with Crippen molar-refractivity contribution in [1.29, 1.82) is 0 Å². The maximum Gasteiger partial charge on any atom is 0.309 e. The first-order chi connectivity index (χ1) is 16.4. The van der Waals surface area contributed by atoms with Gasteiger partial charge >= 0.3 is 5.97 Å². The zero-order valence-electron chi connectivity index (χ0n) is 22.7. The zero-order valence-corrected chi connectivity index (χ0v) is 22.7. The van der Waals surface area contributed by atoms with Crippen molar-refractivity contribution in [2.24, 2.45) is 58.2 Å². The fraction of sp³-hybridized carbons (Fsp3) is 0.966. The Morgan fingerprint density at radius 2 is 1.63 bits per heavy atom. The molecule has 0 amide bonds. The van der Waals surface area contributed by atoms with Crippen LogP contribution in [-0.4, -0.2) is 57.4 Å². The van der Waals surface area contributed by atoms with Gasteiger partial charge in [-0.2, -0.15) is 0 Å². The molecule has 1 saturated heterocycles. The van der Waals surface area contributed by atoms with Gasteiger partial charge in [-0.15, -0.1) is 0 Å². The fourth-order valence-electron chi connectivity index (χ4n) is 9.60. The van der Waals surface area contributed by atoms with Crippen molar-refractivity contribution in [3.8, 4) is 0 Å². The predicted molar refractivity (Wildman–Crippen MR) is 134 cm³/mol. The Morgan fingerprint density at radius 1 is 0.971 bits per heavy atom. The van der Waals surface area contributed by atoms with Crippen molar-refractivity contribution >= 4 is 5.97 Å². The van der Waals surface area contributed by atoms with Crippen LogP contribution in [0.5, 0.6) is 0 Å². The first kappa shape index (κ1) is 27.3. The van der Waals surface area contributed by atoms with E-state index in [4.69, 9.17) is 4.74 Å². The SMILES string of the molecule is CC[C@H](C(C)C)[C@H](O)[C@@H](O)[C@@H](C)[C@@H]1CC[C@@H]2[C@@H]3COC(=O)[C@H]4C[C@H](O)[C@H](O)C[C@]4(C)[C@H]3CC[C@@]21C. The van der Waals surface area contributed by atoms with Gasteiger partial charge in [-0.25, -0.2) is 0 Å². The molecule has 6 heteroatoms. The molecule has 3 aliphatic carbocycles. The van der Waals surface area contributed by atoms with E-state index in [1.54, 1.807) is 0 Å². The minimum atomic E-state index is -0.867. The molecule has 0 aromatic rings. The Hall–Kier alpha value is -0.690. The Kier molecular flexibility index (Phi) is 7.72. The minimum Gasteiger partial charge on any atom is -0.465 e. The molecule has 35 heavy (non-hydrogen) atoms. The highest BCUT2D eigenvalue weighted by Crippen LogP contribution is 2.66. The summed E-state index contributed by atoms with van der Waals surface area (Å²) in [5, 5.41) is 43.2. The number of aliphatic hydroxyl groups is 4. The summed E-state index contributed by atoms with van der Waals surface area (Å²) in [6.45, 7) is 13.4. The van der Waals surface area contributed by atoms with Crippen LogP contribution in [0.25, 0.3) is 0 Å². The van der Waals surface area contributed by atoms with Gasteiger partial charge in [0.05, 0.1) is 36.9 Å². The molecule has 6 nitrogen and oxygen atoms in total. The van der Waals surface area contributed by atoms with Crippen molar-refractivity contribution in [2.75, 3.05) is 6.61 Å². The lowest BCUT2D eigenvalue weighted by Gasteiger charge is -2.56. The van der Waals surface area contributed by atoms with Crippen LogP contribution in [0.2, 0.25) is 0 Å². The van der Waals surface area contributed by atoms with Gasteiger partial charge < -0.3 is 25.2 Å². The third-order valence-electron chi connectivity index (χ3n) is 11.7. The lowest BCUT2D eigenvalue weighted by molar-refractivity contribution is -0.162. The average molecular weight is 495 g/mol. The van der Waals surface area contributed by atoms with Gasteiger partial charge in [0.15, 0.2) is 0 Å². The van der Waals surface area contributed by atoms with E-state index in [2.05, 4.69) is 41.5 Å². The van der Waals surface area contributed by atoms with Crippen molar-refractivity contribution < 1.29 is 30.0 Å². The standard InChI is InChI=1S/C29H50O6/c1-7-17(15(2)3)26(33)25(32)16(4)19-8-9-20-18-14-35-27(34)22-12-23(30)24(31)13-29(22,6)21(18)10-11-28(19,20)5/h15-26,30-33H,7-14H2,1-6H3/t16-,17+,18-,19-,20+,21-,22+,23-,24+,25-,26-,28+,29+/m0/s1. The van der Waals surface area contributed by atoms with Crippen molar-refractivity contribution in [1.82, 2.24) is 0 Å². The highest BCUT2D eigenvalue weighted by atomic mass is 16.5. The first-order valence-corrected chi connectivity index (χ1v) is 14.3. The van der Waals surface area contributed by atoms with E-state index in [0.29, 0.717) is 30.8 Å². The zero-order chi connectivity index (χ0) is 25.9. The number of hydrogen-bond donors (Lipinski definition) is 4. The molecule has 202 valence electrons. The monoisotopic (exact) mass is 494 g/mol. The lowest BCUT2D eigenvalue weighted by Crippen LogP contribution is -2.55. The number of esters is 1. The molecule has 13 atom stereocenters. The van der Waals surface area contributed by atoms with Crippen LogP contribution in [-0.2, 0) is 9.53 Å². The molecule has 1 heterocycles. The summed E-state index contributed by atoms with van der Waals surface area (Å²) in [7, 11) is 0. The maximum absolute atomic E-state index is 13.0. The normalized spacial score (nSPS) is 47.1. The molecule has 3 saturated carbocycles. The number of carbonyl (C=O) groups excluding carboxylic acids is 1. The average Bonchev–Trinajstić information content (AvgIpc) is 3.11. The molecule has 0 unspecified atom stereocenters. The smallest absolute Gasteiger partial charge is 0.309 e. The number of rotatable bonds is 6. The predicted octanol–water partition coefficient (Wildman–Crippen LogP) is 3.78. The number of ether oxygens (including phenoxy) is 1. The molecule has 0 aromatic heterocycles. The van der Waals surface area contributed by atoms with Crippen LogP contribution in [0.15, 0.2) is 0 Å². The van der Waals surface area contributed by atoms with E-state index in [0.717, 1.165) is 32.1 Å². The van der Waals surface area contributed by atoms with Crippen LogP contribution < -0.4 is 0 Å². The molecule has 4 rings (SSSR count). The molecule has 0 spiro atoms. The molecule has 4 fully saturated rings. The molecule has 0 aromatic carbocycles. The highest BCUT2D eigenvalue weighted by Gasteiger charge is 2.63. The molecule has 0 radical (unpaired) electrons. The second-order valence-electron chi connectivity index (χ2n) is 13.5. The van der Waals surface area contributed by atoms with Gasteiger partial charge in [-0.3, -0.25) is 4.79 Å². The summed E-state index contributed by atoms with van der Waals surface area (Å²) in [5.41, 5.74) is -0.348. The van der Waals surface area contributed by atoms with E-state index in [1.165, 1.54) is 0 Å². The molecular formula is C29H50O6. The van der Waals surface area contributed by atoms with Crippen molar-refractivity contribution in [2.45, 2.75) is 111 Å². The Morgan fingerprint density at radius 3 is 2.26 bits per heavy atom. The molecule has 4 aliphatic rings. The van der Waals surface area contributed by atoms with Gasteiger partial charge in [0.25, 0.3) is 0 Å². The van der Waals surface area contributed by atoms with Crippen molar-refractivity contribution in [3.63, 3.8) is 0 Å². The second-order valence-corrected chi connectivity index (χ2v) is 13.5. The topological polar surface area (TPSA) is 107 Å². The fourth-order valence-corrected chi connectivity index (χ4v) is 9.60. The van der Waals surface area contributed by atoms with Crippen LogP contribution >= 0.6 is 0 Å². The van der Waals surface area contributed by atoms with E-state index in [-0.39, 0.29) is 52.8 Å². The van der Waals surface area contributed by atoms with Crippen LogP contribution in [0, 0.1) is 58.2 Å². The van der Waals surface area contributed by atoms with Gasteiger partial charge in [-0.1, -0.05) is 48.0 Å². The molecule has 0 bridgehead atoms. The van der Waals surface area contributed by atoms with Crippen LogP contribution in [0.1, 0.15) is 86.5 Å². The van der Waals surface area contributed by atoms with Crippen LogP contribution in [0.3, 0.4) is 0 Å². The van der Waals surface area contributed by atoms with Gasteiger partial charge in [0, 0.05) is 0 Å². The molecule has 4 N–H and O–H groups in total.